The maximum absolute atomic E-state index is 13.8. The fourth-order valence-electron chi connectivity index (χ4n) is 9.07. The highest BCUT2D eigenvalue weighted by molar-refractivity contribution is 5.88. The minimum Gasteiger partial charge on any atom is -0.495 e. The van der Waals surface area contributed by atoms with E-state index >= 15 is 0 Å². The number of hydrogen-bond donors (Lipinski definition) is 5. The van der Waals surface area contributed by atoms with Crippen LogP contribution in [0.4, 0.5) is 0 Å². The van der Waals surface area contributed by atoms with E-state index in [4.69, 9.17) is 23.4 Å². The van der Waals surface area contributed by atoms with Gasteiger partial charge in [0.1, 0.15) is 46.9 Å². The Kier molecular flexibility index (Phi) is 8.20. The Hall–Kier alpha value is -3.68. The van der Waals surface area contributed by atoms with E-state index in [1.807, 2.05) is 0 Å². The van der Waals surface area contributed by atoms with Crippen molar-refractivity contribution < 1.29 is 48.6 Å². The quantitative estimate of drug-likeness (QED) is 0.242. The number of aliphatic hydroxyl groups is 4. The van der Waals surface area contributed by atoms with Crippen LogP contribution < -0.4 is 25.0 Å². The molecule has 8 rings (SSSR count). The summed E-state index contributed by atoms with van der Waals surface area (Å²) in [5, 5.41) is 46.9. The molecule has 1 saturated heterocycles. The Morgan fingerprint density at radius 1 is 0.894 bits per heavy atom. The lowest BCUT2D eigenvalue weighted by Gasteiger charge is -2.57. The minimum absolute atomic E-state index is 0.00917. The van der Waals surface area contributed by atoms with E-state index in [1.54, 1.807) is 18.2 Å². The lowest BCUT2D eigenvalue weighted by atomic mass is 9.53. The van der Waals surface area contributed by atoms with Crippen molar-refractivity contribution in [1.29, 1.82) is 0 Å². The van der Waals surface area contributed by atoms with Gasteiger partial charge in [-0.05, 0) is 86.1 Å². The predicted octanol–water partition coefficient (Wildman–Crippen LogP) is 2.59. The summed E-state index contributed by atoms with van der Waals surface area (Å²) in [7, 11) is 4.32. The summed E-state index contributed by atoms with van der Waals surface area (Å²) in [5.41, 5.74) is 0.00256. The zero-order chi connectivity index (χ0) is 33.2. The van der Waals surface area contributed by atoms with Crippen LogP contribution >= 0.6 is 0 Å². The van der Waals surface area contributed by atoms with Gasteiger partial charge < -0.3 is 49.1 Å². The second-order valence-electron chi connectivity index (χ2n) is 13.7. The average Bonchev–Trinajstić information content (AvgIpc) is 3.05. The SMILES string of the molecule is COc1ccc(-c2cc(=O)c3c(OC)c(C4OC(C(=O)NC56CC7CC(CC(C7)C5)C6)C(O)C(O)C4O)c(CO)cc3o2)cc1OC. The molecule has 1 aromatic heterocycles. The Morgan fingerprint density at radius 3 is 2.15 bits per heavy atom. The molecule has 12 heteroatoms. The summed E-state index contributed by atoms with van der Waals surface area (Å²) in [6.07, 6.45) is -2.01. The fraction of sp³-hybridized carbons (Fsp3) is 0.543. The van der Waals surface area contributed by atoms with E-state index in [2.05, 4.69) is 5.32 Å². The number of carbonyl (C=O) groups excluding carboxylic acids is 1. The average molecular weight is 652 g/mol. The van der Waals surface area contributed by atoms with Crippen molar-refractivity contribution in [2.24, 2.45) is 17.8 Å². The molecule has 47 heavy (non-hydrogen) atoms. The highest BCUT2D eigenvalue weighted by atomic mass is 16.5. The third kappa shape index (κ3) is 5.36. The Labute approximate surface area is 271 Å². The van der Waals surface area contributed by atoms with Gasteiger partial charge in [-0.25, -0.2) is 0 Å². The van der Waals surface area contributed by atoms with Gasteiger partial charge in [-0.3, -0.25) is 9.59 Å². The summed E-state index contributed by atoms with van der Waals surface area (Å²) in [6, 6.07) is 7.77. The van der Waals surface area contributed by atoms with E-state index in [9.17, 15) is 30.0 Å². The minimum atomic E-state index is -1.77. The first-order valence-corrected chi connectivity index (χ1v) is 16.1. The molecule has 2 heterocycles. The molecule has 5 atom stereocenters. The van der Waals surface area contributed by atoms with Gasteiger partial charge in [0.15, 0.2) is 23.0 Å². The number of aliphatic hydroxyl groups excluding tert-OH is 4. The van der Waals surface area contributed by atoms with E-state index in [0.717, 1.165) is 19.3 Å². The zero-order valence-electron chi connectivity index (χ0n) is 26.6. The van der Waals surface area contributed by atoms with E-state index < -0.39 is 48.5 Å². The molecule has 252 valence electrons. The molecule has 0 radical (unpaired) electrons. The van der Waals surface area contributed by atoms with Crippen molar-refractivity contribution in [3.8, 4) is 28.6 Å². The lowest BCUT2D eigenvalue weighted by Crippen LogP contribution is -2.65. The first-order valence-electron chi connectivity index (χ1n) is 16.1. The van der Waals surface area contributed by atoms with E-state index in [-0.39, 0.29) is 39.1 Å². The van der Waals surface area contributed by atoms with Crippen LogP contribution in [0.5, 0.6) is 17.2 Å². The van der Waals surface area contributed by atoms with Crippen molar-refractivity contribution in [1.82, 2.24) is 5.32 Å². The third-order valence-electron chi connectivity index (χ3n) is 10.7. The van der Waals surface area contributed by atoms with Crippen LogP contribution in [-0.2, 0) is 16.1 Å². The second-order valence-corrected chi connectivity index (χ2v) is 13.7. The van der Waals surface area contributed by atoms with Crippen molar-refractivity contribution in [3.05, 3.63) is 51.7 Å². The maximum Gasteiger partial charge on any atom is 0.252 e. The summed E-state index contributed by atoms with van der Waals surface area (Å²) < 4.78 is 28.7. The molecule has 0 spiro atoms. The van der Waals surface area contributed by atoms with E-state index in [0.29, 0.717) is 34.8 Å². The van der Waals surface area contributed by atoms with Crippen LogP contribution in [0.15, 0.2) is 39.5 Å². The third-order valence-corrected chi connectivity index (χ3v) is 10.7. The summed E-state index contributed by atoms with van der Waals surface area (Å²) in [5.74, 6) is 2.22. The smallest absolute Gasteiger partial charge is 0.252 e. The molecular weight excluding hydrogens is 610 g/mol. The molecule has 2 aromatic carbocycles. The normalized spacial score (nSPS) is 32.7. The molecule has 5 unspecified atom stereocenters. The number of carbonyl (C=O) groups is 1. The van der Waals surface area contributed by atoms with Gasteiger partial charge in [-0.15, -0.1) is 0 Å². The molecule has 12 nitrogen and oxygen atoms in total. The molecular formula is C35H41NO11. The molecule has 5 fully saturated rings. The first kappa shape index (κ1) is 31.9. The number of hydrogen-bond acceptors (Lipinski definition) is 11. The van der Waals surface area contributed by atoms with Crippen molar-refractivity contribution in [2.45, 2.75) is 81.2 Å². The zero-order valence-corrected chi connectivity index (χ0v) is 26.6. The Balaban J connectivity index is 1.25. The second kappa shape index (κ2) is 12.1. The maximum atomic E-state index is 13.8. The van der Waals surface area contributed by atoms with Crippen molar-refractivity contribution >= 4 is 16.9 Å². The molecule has 1 aliphatic heterocycles. The molecule has 3 aromatic rings. The number of methoxy groups -OCH3 is 3. The number of amides is 1. The Bertz CT molecular complexity index is 1720. The fourth-order valence-corrected chi connectivity index (χ4v) is 9.07. The van der Waals surface area contributed by atoms with Gasteiger partial charge in [0.25, 0.3) is 5.91 Å². The van der Waals surface area contributed by atoms with Gasteiger partial charge in [-0.2, -0.15) is 0 Å². The highest BCUT2D eigenvalue weighted by Gasteiger charge is 2.54. The number of benzene rings is 2. The molecule has 5 aliphatic rings. The van der Waals surface area contributed by atoms with Gasteiger partial charge in [0.05, 0.1) is 27.9 Å². The molecule has 4 bridgehead atoms. The first-order chi connectivity index (χ1) is 22.6. The standard InChI is InChI=1S/C35H41NO11/c1-43-22-5-4-19(9-24(22)44-2)23-11-21(38)27-25(46-23)10-20(15-37)26(31(27)45-3)32-29(40)28(39)30(41)33(47-32)34(42)36-35-12-16-6-17(13-35)8-18(7-16)14-35/h4-5,9-11,16-18,28-30,32-33,37,39-41H,6-8,12-15H2,1-3H3,(H,36,42). The van der Waals surface area contributed by atoms with Gasteiger partial charge in [0, 0.05) is 22.7 Å². The van der Waals surface area contributed by atoms with Crippen LogP contribution in [0.25, 0.3) is 22.3 Å². The number of ether oxygens (including phenoxy) is 4. The van der Waals surface area contributed by atoms with Gasteiger partial charge >= 0.3 is 0 Å². The summed E-state index contributed by atoms with van der Waals surface area (Å²) in [6.45, 7) is -0.582. The van der Waals surface area contributed by atoms with Crippen molar-refractivity contribution in [2.75, 3.05) is 21.3 Å². The molecule has 4 saturated carbocycles. The lowest BCUT2D eigenvalue weighted by molar-refractivity contribution is -0.224. The topological polar surface area (TPSA) is 177 Å². The molecule has 4 aliphatic carbocycles. The number of nitrogens with one attached hydrogen (secondary N) is 1. The number of fused-ring (bicyclic) bond motifs is 1. The van der Waals surface area contributed by atoms with Crippen LogP contribution in [0.3, 0.4) is 0 Å². The van der Waals surface area contributed by atoms with Gasteiger partial charge in [-0.1, -0.05) is 0 Å². The van der Waals surface area contributed by atoms with Crippen LogP contribution in [-0.4, -0.2) is 77.6 Å². The predicted molar refractivity (Wildman–Crippen MR) is 168 cm³/mol. The monoisotopic (exact) mass is 651 g/mol. The van der Waals surface area contributed by atoms with Crippen LogP contribution in [0.1, 0.15) is 55.8 Å². The molecule has 5 N–H and O–H groups in total. The van der Waals surface area contributed by atoms with Crippen LogP contribution in [0.2, 0.25) is 0 Å². The van der Waals surface area contributed by atoms with Crippen molar-refractivity contribution in [3.63, 3.8) is 0 Å². The Morgan fingerprint density at radius 2 is 1.55 bits per heavy atom. The summed E-state index contributed by atoms with van der Waals surface area (Å²) in [4.78, 5) is 27.5. The summed E-state index contributed by atoms with van der Waals surface area (Å²) >= 11 is 0. The van der Waals surface area contributed by atoms with E-state index in [1.165, 1.54) is 52.7 Å². The number of rotatable bonds is 8. The molecule has 1 amide bonds. The van der Waals surface area contributed by atoms with Gasteiger partial charge in [0.2, 0.25) is 0 Å². The largest absolute Gasteiger partial charge is 0.495 e. The van der Waals surface area contributed by atoms with Crippen LogP contribution in [0, 0.1) is 17.8 Å². The highest BCUT2D eigenvalue weighted by Crippen LogP contribution is 2.56.